The van der Waals surface area contributed by atoms with Gasteiger partial charge in [-0.1, -0.05) is 20.8 Å². The molecule has 190 valence electrons. The summed E-state index contributed by atoms with van der Waals surface area (Å²) in [5, 5.41) is 30.0. The Morgan fingerprint density at radius 2 is 1.91 bits per heavy atom. The van der Waals surface area contributed by atoms with E-state index in [1.165, 1.54) is 0 Å². The average Bonchev–Trinajstić information content (AvgIpc) is 3.65. The van der Waals surface area contributed by atoms with Gasteiger partial charge < -0.3 is 30.7 Å². The van der Waals surface area contributed by atoms with Crippen molar-refractivity contribution in [2.24, 2.45) is 5.73 Å². The van der Waals surface area contributed by atoms with Crippen molar-refractivity contribution in [3.05, 3.63) is 24.3 Å². The zero-order valence-electron chi connectivity index (χ0n) is 20.7. The molecular weight excluding hydrogens is 446 g/mol. The number of aromatic nitrogens is 6. The van der Waals surface area contributed by atoms with Gasteiger partial charge in [0.05, 0.1) is 24.6 Å². The number of hydrogen-bond donors (Lipinski definition) is 4. The molecule has 5 N–H and O–H groups in total. The first kappa shape index (κ1) is 24.0. The fraction of sp³-hybridized carbons (Fsp3) is 0.667. The van der Waals surface area contributed by atoms with Gasteiger partial charge in [-0.15, -0.1) is 0 Å². The van der Waals surface area contributed by atoms with Crippen LogP contribution in [0.4, 0.5) is 11.8 Å². The van der Waals surface area contributed by atoms with Gasteiger partial charge in [0, 0.05) is 31.4 Å². The lowest BCUT2D eigenvalue weighted by atomic mass is 10.2. The zero-order valence-corrected chi connectivity index (χ0v) is 20.7. The summed E-state index contributed by atoms with van der Waals surface area (Å²) in [6.07, 6.45) is 7.77. The second-order valence-corrected chi connectivity index (χ2v) is 9.88. The molecule has 5 rings (SSSR count). The smallest absolute Gasteiger partial charge is 0.229 e. The molecule has 35 heavy (non-hydrogen) atoms. The summed E-state index contributed by atoms with van der Waals surface area (Å²) in [7, 11) is 0. The summed E-state index contributed by atoms with van der Waals surface area (Å²) in [5.74, 6) is 1.31. The van der Waals surface area contributed by atoms with Crippen LogP contribution in [0.5, 0.6) is 0 Å². The highest BCUT2D eigenvalue weighted by molar-refractivity contribution is 5.84. The molecule has 2 fully saturated rings. The van der Waals surface area contributed by atoms with Gasteiger partial charge in [-0.2, -0.15) is 15.1 Å². The number of imidazole rings is 1. The van der Waals surface area contributed by atoms with Gasteiger partial charge in [-0.3, -0.25) is 4.68 Å². The van der Waals surface area contributed by atoms with Crippen LogP contribution < -0.4 is 16.0 Å². The van der Waals surface area contributed by atoms with Crippen LogP contribution in [0.3, 0.4) is 0 Å². The first-order chi connectivity index (χ1) is 16.9. The van der Waals surface area contributed by atoms with Crippen LogP contribution in [0.15, 0.2) is 18.7 Å². The summed E-state index contributed by atoms with van der Waals surface area (Å²) >= 11 is 0. The molecule has 1 aliphatic carbocycles. The molecule has 11 heteroatoms. The van der Waals surface area contributed by atoms with Gasteiger partial charge in [0.2, 0.25) is 5.95 Å². The molecule has 1 saturated heterocycles. The van der Waals surface area contributed by atoms with E-state index in [0.29, 0.717) is 35.9 Å². The number of hydrogen-bond acceptors (Lipinski definition) is 9. The Morgan fingerprint density at radius 3 is 2.57 bits per heavy atom. The van der Waals surface area contributed by atoms with Crippen molar-refractivity contribution in [3.63, 3.8) is 0 Å². The van der Waals surface area contributed by atoms with E-state index in [1.807, 2.05) is 17.0 Å². The number of nitrogens with two attached hydrogens (primary N) is 1. The van der Waals surface area contributed by atoms with E-state index in [9.17, 15) is 10.2 Å². The summed E-state index contributed by atoms with van der Waals surface area (Å²) in [6, 6.07) is -0.348. The fourth-order valence-electron chi connectivity index (χ4n) is 5.31. The lowest BCUT2D eigenvalue weighted by Crippen LogP contribution is -2.31. The second-order valence-electron chi connectivity index (χ2n) is 9.88. The molecule has 0 amide bonds. The largest absolute Gasteiger partial charge is 0.388 e. The third kappa shape index (κ3) is 4.36. The highest BCUT2D eigenvalue weighted by atomic mass is 16.3. The highest BCUT2D eigenvalue weighted by Gasteiger charge is 2.44. The second kappa shape index (κ2) is 9.71. The van der Waals surface area contributed by atoms with Crippen LogP contribution in [0.2, 0.25) is 0 Å². The minimum absolute atomic E-state index is 0.101. The number of rotatable bonds is 8. The van der Waals surface area contributed by atoms with Crippen molar-refractivity contribution in [2.45, 2.75) is 89.3 Å². The minimum Gasteiger partial charge on any atom is -0.388 e. The normalized spacial score (nSPS) is 26.9. The van der Waals surface area contributed by atoms with Crippen LogP contribution in [0.25, 0.3) is 11.2 Å². The molecule has 1 aliphatic heterocycles. The van der Waals surface area contributed by atoms with Crippen molar-refractivity contribution >= 4 is 22.9 Å². The molecule has 4 heterocycles. The lowest BCUT2D eigenvalue weighted by molar-refractivity contribution is 0.00721. The number of anilines is 2. The van der Waals surface area contributed by atoms with Crippen LogP contribution in [-0.2, 0) is 6.42 Å². The quantitative estimate of drug-likeness (QED) is 0.376. The zero-order chi connectivity index (χ0) is 24.7. The highest BCUT2D eigenvalue weighted by Crippen LogP contribution is 2.40. The van der Waals surface area contributed by atoms with E-state index in [2.05, 4.69) is 41.1 Å². The number of nitrogens with one attached hydrogen (secondary N) is 1. The van der Waals surface area contributed by atoms with Crippen LogP contribution in [-0.4, -0.2) is 76.9 Å². The average molecular weight is 484 g/mol. The molecule has 3 aromatic heterocycles. The topological polar surface area (TPSA) is 143 Å². The van der Waals surface area contributed by atoms with Crippen LogP contribution in [0.1, 0.15) is 64.1 Å². The molecule has 0 spiro atoms. The molecule has 1 saturated carbocycles. The summed E-state index contributed by atoms with van der Waals surface area (Å²) in [6.45, 7) is 7.87. The Kier molecular flexibility index (Phi) is 6.65. The standard InChI is InChI=1S/C24H37N9O2/c1-4-14-10-27-33(11-14)18-9-17(20(34)21(18)35)32-13-26-19-22(28-16(5-2)6-3)29-24(30-23(19)32)31-8-7-15(25)12-31/h10-11,13,15-18,20-21,34-35H,4-9,12,25H2,1-3H3,(H,28,29,30)/t15-,17-,18+,20+,21-/m1/s1. The maximum absolute atomic E-state index is 11.1. The van der Waals surface area contributed by atoms with Gasteiger partial charge in [0.1, 0.15) is 12.2 Å². The van der Waals surface area contributed by atoms with E-state index >= 15 is 0 Å². The monoisotopic (exact) mass is 483 g/mol. The van der Waals surface area contributed by atoms with E-state index in [4.69, 9.17) is 15.7 Å². The predicted molar refractivity (Wildman–Crippen MR) is 134 cm³/mol. The van der Waals surface area contributed by atoms with Crippen molar-refractivity contribution in [1.29, 1.82) is 0 Å². The Hall–Kier alpha value is -2.76. The maximum Gasteiger partial charge on any atom is 0.229 e. The third-order valence-corrected chi connectivity index (χ3v) is 7.63. The van der Waals surface area contributed by atoms with Crippen molar-refractivity contribution in [1.82, 2.24) is 29.3 Å². The molecule has 3 aromatic rings. The molecule has 0 aromatic carbocycles. The molecule has 5 atom stereocenters. The number of aliphatic hydroxyl groups excluding tert-OH is 2. The first-order valence-electron chi connectivity index (χ1n) is 12.8. The van der Waals surface area contributed by atoms with E-state index in [-0.39, 0.29) is 24.2 Å². The Morgan fingerprint density at radius 1 is 1.14 bits per heavy atom. The predicted octanol–water partition coefficient (Wildman–Crippen LogP) is 1.63. The Bertz CT molecular complexity index is 1160. The molecule has 0 unspecified atom stereocenters. The number of aliphatic hydroxyl groups is 2. The van der Waals surface area contributed by atoms with E-state index < -0.39 is 12.2 Å². The van der Waals surface area contributed by atoms with Gasteiger partial charge in [0.25, 0.3) is 0 Å². The van der Waals surface area contributed by atoms with Crippen molar-refractivity contribution in [2.75, 3.05) is 23.3 Å². The Labute approximate surface area is 205 Å². The van der Waals surface area contributed by atoms with Gasteiger partial charge in [0.15, 0.2) is 17.0 Å². The minimum atomic E-state index is -0.972. The molecule has 2 aliphatic rings. The van der Waals surface area contributed by atoms with Crippen molar-refractivity contribution < 1.29 is 10.2 Å². The van der Waals surface area contributed by atoms with Crippen molar-refractivity contribution in [3.8, 4) is 0 Å². The maximum atomic E-state index is 11.1. The molecule has 11 nitrogen and oxygen atoms in total. The van der Waals surface area contributed by atoms with Gasteiger partial charge in [-0.25, -0.2) is 4.98 Å². The lowest BCUT2D eigenvalue weighted by Gasteiger charge is -2.21. The summed E-state index contributed by atoms with van der Waals surface area (Å²) in [4.78, 5) is 16.5. The molecule has 0 bridgehead atoms. The molecular formula is C24H37N9O2. The van der Waals surface area contributed by atoms with Crippen LogP contribution >= 0.6 is 0 Å². The number of nitrogens with zero attached hydrogens (tertiary/aromatic N) is 7. The third-order valence-electron chi connectivity index (χ3n) is 7.63. The van der Waals surface area contributed by atoms with E-state index in [1.54, 1.807) is 11.0 Å². The summed E-state index contributed by atoms with van der Waals surface area (Å²) < 4.78 is 3.67. The Balaban J connectivity index is 1.53. The van der Waals surface area contributed by atoms with Gasteiger partial charge >= 0.3 is 0 Å². The van der Waals surface area contributed by atoms with Crippen LogP contribution in [0, 0.1) is 0 Å². The SMILES string of the molecule is CCc1cnn([C@H]2C[C@@H](n3cnc4c(NC(CC)CC)nc(N5CC[C@@H](N)C5)nc43)[C@H](O)[C@@H]2O)c1. The number of fused-ring (bicyclic) bond motifs is 1. The van der Waals surface area contributed by atoms with E-state index in [0.717, 1.165) is 37.8 Å². The number of aryl methyl sites for hydroxylation is 1. The molecule has 0 radical (unpaired) electrons. The summed E-state index contributed by atoms with van der Waals surface area (Å²) in [5.41, 5.74) is 8.58. The fourth-order valence-corrected chi connectivity index (χ4v) is 5.31. The first-order valence-corrected chi connectivity index (χ1v) is 12.8. The van der Waals surface area contributed by atoms with Gasteiger partial charge in [-0.05, 0) is 37.7 Å².